The van der Waals surface area contributed by atoms with Crippen LogP contribution in [0, 0.1) is 29.9 Å². The summed E-state index contributed by atoms with van der Waals surface area (Å²) < 4.78 is 31.4. The number of carbonyl (C=O) groups excluding carboxylic acids is 1. The van der Waals surface area contributed by atoms with E-state index >= 15 is 0 Å². The smallest absolute Gasteiger partial charge is 0.209 e. The van der Waals surface area contributed by atoms with Crippen LogP contribution < -0.4 is 5.73 Å². The van der Waals surface area contributed by atoms with Gasteiger partial charge in [0.05, 0.1) is 34.2 Å². The van der Waals surface area contributed by atoms with Gasteiger partial charge >= 0.3 is 0 Å². The van der Waals surface area contributed by atoms with Crippen molar-refractivity contribution in [2.75, 3.05) is 5.73 Å². The fourth-order valence-corrected chi connectivity index (χ4v) is 4.80. The maximum absolute atomic E-state index is 14.0. The molecule has 0 saturated heterocycles. The first kappa shape index (κ1) is 22.6. The van der Waals surface area contributed by atoms with E-state index in [9.17, 15) is 13.6 Å². The molecule has 0 aliphatic heterocycles. The number of hydrogen-bond acceptors (Lipinski definition) is 4. The quantitative estimate of drug-likeness (QED) is 0.262. The van der Waals surface area contributed by atoms with E-state index in [1.165, 1.54) is 0 Å². The molecular weight excluding hydrogens is 472 g/mol. The van der Waals surface area contributed by atoms with Crippen LogP contribution in [0.4, 0.5) is 14.5 Å². The van der Waals surface area contributed by atoms with Gasteiger partial charge in [-0.1, -0.05) is 17.7 Å². The molecule has 0 aliphatic rings. The topological polar surface area (TPSA) is 89.1 Å². The number of imidazole rings is 1. The lowest BCUT2D eigenvalue weighted by Gasteiger charge is -2.13. The van der Waals surface area contributed by atoms with E-state index in [1.807, 2.05) is 30.7 Å². The van der Waals surface area contributed by atoms with Crippen molar-refractivity contribution >= 4 is 39.6 Å². The molecule has 35 heavy (non-hydrogen) atoms. The van der Waals surface area contributed by atoms with Crippen LogP contribution in [-0.4, -0.2) is 19.7 Å². The fraction of sp³-hybridized carbons (Fsp3) is 0.115. The van der Waals surface area contributed by atoms with Crippen molar-refractivity contribution in [3.8, 4) is 17.2 Å². The van der Waals surface area contributed by atoms with E-state index < -0.39 is 23.1 Å². The van der Waals surface area contributed by atoms with Crippen molar-refractivity contribution in [1.29, 1.82) is 5.26 Å². The summed E-state index contributed by atoms with van der Waals surface area (Å²) in [5, 5.41) is 9.54. The summed E-state index contributed by atoms with van der Waals surface area (Å²) in [7, 11) is 1.84. The second-order valence-electron chi connectivity index (χ2n) is 8.25. The minimum absolute atomic E-state index is 0.145. The molecule has 0 amide bonds. The highest BCUT2D eigenvalue weighted by atomic mass is 35.5. The summed E-state index contributed by atoms with van der Waals surface area (Å²) in [6.07, 6.45) is 1.85. The van der Waals surface area contributed by atoms with Crippen LogP contribution in [0.2, 0.25) is 5.02 Å². The molecule has 174 valence electrons. The second kappa shape index (κ2) is 8.22. The third-order valence-corrected chi connectivity index (χ3v) is 6.55. The molecule has 0 atom stereocenters. The van der Waals surface area contributed by atoms with Crippen molar-refractivity contribution in [2.45, 2.75) is 13.3 Å². The molecule has 5 rings (SSSR count). The Kier molecular flexibility index (Phi) is 5.30. The third-order valence-electron chi connectivity index (χ3n) is 6.18. The highest BCUT2D eigenvalue weighted by Crippen LogP contribution is 2.39. The van der Waals surface area contributed by atoms with Gasteiger partial charge in [-0.2, -0.15) is 5.26 Å². The Morgan fingerprint density at radius 2 is 1.89 bits per heavy atom. The van der Waals surface area contributed by atoms with Crippen LogP contribution in [0.15, 0.2) is 48.7 Å². The number of rotatable bonds is 4. The predicted molar refractivity (Wildman–Crippen MR) is 130 cm³/mol. The van der Waals surface area contributed by atoms with Crippen molar-refractivity contribution in [3.05, 3.63) is 88.0 Å². The lowest BCUT2D eigenvalue weighted by molar-refractivity contribution is 0.103. The van der Waals surface area contributed by atoms with Gasteiger partial charge < -0.3 is 14.7 Å². The van der Waals surface area contributed by atoms with Crippen LogP contribution in [-0.2, 0) is 13.5 Å². The van der Waals surface area contributed by atoms with Gasteiger partial charge in [0, 0.05) is 29.9 Å². The standard InChI is InChI=1S/C26H18ClF2N5O/c1-13-10-20-25(32-21(7-8-30)33(20)2)23(27)22(13)15-4-3-9-34-18(15)5-6-19(34)26(35)14-11-16(28)24(31)17(29)12-14/h3-6,9-12H,7,31H2,1-2H3. The maximum Gasteiger partial charge on any atom is 0.209 e. The molecule has 0 unspecified atom stereocenters. The van der Waals surface area contributed by atoms with Crippen LogP contribution >= 0.6 is 11.6 Å². The number of fused-ring (bicyclic) bond motifs is 2. The molecule has 2 N–H and O–H groups in total. The van der Waals surface area contributed by atoms with Gasteiger partial charge in [-0.05, 0) is 48.9 Å². The second-order valence-corrected chi connectivity index (χ2v) is 8.63. The minimum atomic E-state index is -0.989. The molecule has 5 aromatic rings. The molecule has 3 aromatic heterocycles. The number of nitriles is 1. The molecule has 0 aliphatic carbocycles. The summed E-state index contributed by atoms with van der Waals surface area (Å²) in [5.74, 6) is -1.92. The van der Waals surface area contributed by atoms with Crippen molar-refractivity contribution in [1.82, 2.24) is 14.0 Å². The summed E-state index contributed by atoms with van der Waals surface area (Å²) in [4.78, 5) is 17.7. The van der Waals surface area contributed by atoms with E-state index in [0.29, 0.717) is 21.9 Å². The summed E-state index contributed by atoms with van der Waals surface area (Å²) >= 11 is 6.85. The number of halogens is 3. The van der Waals surface area contributed by atoms with E-state index in [4.69, 9.17) is 22.6 Å². The average molecular weight is 490 g/mol. The molecule has 9 heteroatoms. The Bertz CT molecular complexity index is 1700. The number of anilines is 1. The molecule has 0 radical (unpaired) electrons. The Morgan fingerprint density at radius 3 is 2.57 bits per heavy atom. The average Bonchev–Trinajstić information content (AvgIpc) is 3.39. The lowest BCUT2D eigenvalue weighted by atomic mass is 9.99. The Hall–Kier alpha value is -4.22. The minimum Gasteiger partial charge on any atom is -0.394 e. The zero-order valence-corrected chi connectivity index (χ0v) is 19.5. The first-order chi connectivity index (χ1) is 16.7. The number of benzene rings is 2. The molecule has 2 aromatic carbocycles. The summed E-state index contributed by atoms with van der Waals surface area (Å²) in [6.45, 7) is 1.93. The Balaban J connectivity index is 1.69. The third kappa shape index (κ3) is 3.44. The van der Waals surface area contributed by atoms with Crippen LogP contribution in [0.1, 0.15) is 27.4 Å². The zero-order valence-electron chi connectivity index (χ0n) is 18.7. The van der Waals surface area contributed by atoms with Crippen LogP contribution in [0.25, 0.3) is 27.7 Å². The molecule has 3 heterocycles. The normalized spacial score (nSPS) is 11.3. The van der Waals surface area contributed by atoms with Gasteiger partial charge in [0.15, 0.2) is 0 Å². The number of carbonyl (C=O) groups is 1. The number of nitrogen functional groups attached to an aromatic ring is 1. The predicted octanol–water partition coefficient (Wildman–Crippen LogP) is 5.61. The Labute approximate surface area is 203 Å². The molecule has 0 spiro atoms. The zero-order chi connectivity index (χ0) is 25.0. The van der Waals surface area contributed by atoms with E-state index in [0.717, 1.165) is 34.3 Å². The van der Waals surface area contributed by atoms with E-state index in [-0.39, 0.29) is 17.7 Å². The summed E-state index contributed by atoms with van der Waals surface area (Å²) in [5.41, 5.74) is 9.27. The maximum atomic E-state index is 14.0. The SMILES string of the molecule is Cc1cc2c(nc(CC#N)n2C)c(Cl)c1-c1cccn2c(C(=O)c3cc(F)c(N)c(F)c3)ccc12. The molecule has 0 saturated carbocycles. The highest BCUT2D eigenvalue weighted by molar-refractivity contribution is 6.38. The van der Waals surface area contributed by atoms with Crippen LogP contribution in [0.5, 0.6) is 0 Å². The molecule has 0 fully saturated rings. The van der Waals surface area contributed by atoms with E-state index in [2.05, 4.69) is 11.1 Å². The van der Waals surface area contributed by atoms with Gasteiger partial charge in [0.25, 0.3) is 0 Å². The number of pyridine rings is 1. The monoisotopic (exact) mass is 489 g/mol. The fourth-order valence-electron chi connectivity index (χ4n) is 4.41. The number of aryl methyl sites for hydroxylation is 2. The van der Waals surface area contributed by atoms with Gasteiger partial charge in [0.2, 0.25) is 5.78 Å². The van der Waals surface area contributed by atoms with Gasteiger partial charge in [-0.3, -0.25) is 4.79 Å². The van der Waals surface area contributed by atoms with Gasteiger partial charge in [0.1, 0.15) is 28.7 Å². The first-order valence-corrected chi connectivity index (χ1v) is 11.0. The lowest BCUT2D eigenvalue weighted by Crippen LogP contribution is -2.08. The number of ketones is 1. The van der Waals surface area contributed by atoms with E-state index in [1.54, 1.807) is 28.8 Å². The number of nitrogens with zero attached hydrogens (tertiary/aromatic N) is 4. The number of aromatic nitrogens is 3. The van der Waals surface area contributed by atoms with Crippen molar-refractivity contribution in [3.63, 3.8) is 0 Å². The van der Waals surface area contributed by atoms with Gasteiger partial charge in [-0.15, -0.1) is 0 Å². The Morgan fingerprint density at radius 1 is 1.17 bits per heavy atom. The van der Waals surface area contributed by atoms with Crippen LogP contribution in [0.3, 0.4) is 0 Å². The molecular formula is C26H18ClF2N5O. The highest BCUT2D eigenvalue weighted by Gasteiger charge is 2.22. The van der Waals surface area contributed by atoms with Crippen molar-refractivity contribution < 1.29 is 13.6 Å². The first-order valence-electron chi connectivity index (χ1n) is 10.6. The largest absolute Gasteiger partial charge is 0.394 e. The number of nitrogens with two attached hydrogens (primary N) is 1. The summed E-state index contributed by atoms with van der Waals surface area (Å²) in [6, 6.07) is 12.9. The molecule has 6 nitrogen and oxygen atoms in total. The number of hydrogen-bond donors (Lipinski definition) is 1. The van der Waals surface area contributed by atoms with Gasteiger partial charge in [-0.25, -0.2) is 13.8 Å². The molecule has 0 bridgehead atoms. The van der Waals surface area contributed by atoms with Crippen molar-refractivity contribution in [2.24, 2.45) is 7.05 Å².